The van der Waals surface area contributed by atoms with Gasteiger partial charge in [-0.05, 0) is 50.8 Å². The van der Waals surface area contributed by atoms with Crippen molar-refractivity contribution in [1.29, 1.82) is 0 Å². The summed E-state index contributed by atoms with van der Waals surface area (Å²) in [4.78, 5) is 12.8. The van der Waals surface area contributed by atoms with Crippen molar-refractivity contribution in [2.75, 3.05) is 11.9 Å². The number of carbonyl (C=O) groups excluding carboxylic acids is 1. The summed E-state index contributed by atoms with van der Waals surface area (Å²) >= 11 is 8.15. The van der Waals surface area contributed by atoms with Crippen LogP contribution in [0, 0.1) is 0 Å². The van der Waals surface area contributed by atoms with Gasteiger partial charge in [-0.25, -0.2) is 0 Å². The van der Waals surface area contributed by atoms with Crippen LogP contribution in [0.2, 0.25) is 0 Å². The number of thiophene rings is 1. The van der Waals surface area contributed by atoms with E-state index in [0.29, 0.717) is 10.6 Å². The lowest BCUT2D eigenvalue weighted by Gasteiger charge is -2.08. The molecule has 0 saturated carbocycles. The first-order valence-electron chi connectivity index (χ1n) is 6.52. The Labute approximate surface area is 142 Å². The van der Waals surface area contributed by atoms with Crippen LogP contribution in [0.25, 0.3) is 0 Å². The van der Waals surface area contributed by atoms with Crippen molar-refractivity contribution in [1.82, 2.24) is 9.78 Å². The first-order valence-corrected chi connectivity index (χ1v) is 8.92. The van der Waals surface area contributed by atoms with Crippen molar-refractivity contribution in [2.24, 2.45) is 0 Å². The maximum atomic E-state index is 12.1. The molecule has 8 heteroatoms. The Balaban J connectivity index is 1.62. The molecule has 1 aliphatic heterocycles. The van der Waals surface area contributed by atoms with Crippen LogP contribution in [0.4, 0.5) is 5.69 Å². The summed E-state index contributed by atoms with van der Waals surface area (Å²) in [5.74, 6) is -0.136. The number of amides is 1. The Hall–Kier alpha value is -0.700. The fraction of sp³-hybridized carbons (Fsp3) is 0.385. The highest BCUT2D eigenvalue weighted by Gasteiger charge is 2.17. The Kier molecular flexibility index (Phi) is 4.78. The minimum absolute atomic E-state index is 0.136. The number of carbonyl (C=O) groups is 1. The van der Waals surface area contributed by atoms with Crippen molar-refractivity contribution >= 4 is 54.8 Å². The zero-order valence-electron chi connectivity index (χ0n) is 11.0. The van der Waals surface area contributed by atoms with Crippen molar-refractivity contribution < 1.29 is 9.53 Å². The van der Waals surface area contributed by atoms with Crippen LogP contribution in [-0.4, -0.2) is 28.4 Å². The van der Waals surface area contributed by atoms with Crippen LogP contribution in [0.1, 0.15) is 22.5 Å². The van der Waals surface area contributed by atoms with Gasteiger partial charge in [0.1, 0.15) is 0 Å². The Morgan fingerprint density at radius 1 is 1.57 bits per heavy atom. The molecule has 1 atom stereocenters. The molecule has 2 aromatic rings. The van der Waals surface area contributed by atoms with Crippen LogP contribution in [0.5, 0.6) is 0 Å². The molecule has 112 valence electrons. The number of nitrogens with one attached hydrogen (secondary N) is 1. The number of rotatable bonds is 4. The maximum absolute atomic E-state index is 12.1. The van der Waals surface area contributed by atoms with E-state index < -0.39 is 0 Å². The third-order valence-electron chi connectivity index (χ3n) is 3.17. The average molecular weight is 435 g/mol. The second-order valence-electron chi connectivity index (χ2n) is 4.77. The van der Waals surface area contributed by atoms with Crippen molar-refractivity contribution in [3.63, 3.8) is 0 Å². The summed E-state index contributed by atoms with van der Waals surface area (Å²) in [5.41, 5.74) is 0.693. The normalized spacial score (nSPS) is 18.1. The van der Waals surface area contributed by atoms with E-state index in [1.54, 1.807) is 12.3 Å². The largest absolute Gasteiger partial charge is 0.376 e. The van der Waals surface area contributed by atoms with E-state index >= 15 is 0 Å². The van der Waals surface area contributed by atoms with Gasteiger partial charge in [-0.3, -0.25) is 9.48 Å². The number of hydrogen-bond acceptors (Lipinski definition) is 4. The van der Waals surface area contributed by atoms with Crippen LogP contribution in [-0.2, 0) is 11.3 Å². The summed E-state index contributed by atoms with van der Waals surface area (Å²) < 4.78 is 9.17. The molecule has 1 amide bonds. The van der Waals surface area contributed by atoms with E-state index in [9.17, 15) is 4.79 Å². The summed E-state index contributed by atoms with van der Waals surface area (Å²) in [6.45, 7) is 1.56. The first kappa shape index (κ1) is 15.2. The third kappa shape index (κ3) is 3.74. The zero-order valence-corrected chi connectivity index (χ0v) is 15.0. The smallest absolute Gasteiger partial charge is 0.265 e. The molecule has 0 radical (unpaired) electrons. The predicted octanol–water partition coefficient (Wildman–Crippen LogP) is 3.90. The lowest BCUT2D eigenvalue weighted by Crippen LogP contribution is -2.15. The lowest BCUT2D eigenvalue weighted by atomic mass is 10.2. The Morgan fingerprint density at radius 2 is 2.43 bits per heavy atom. The molecule has 1 saturated heterocycles. The minimum Gasteiger partial charge on any atom is -0.376 e. The van der Waals surface area contributed by atoms with Gasteiger partial charge in [0.25, 0.3) is 5.91 Å². The topological polar surface area (TPSA) is 56.2 Å². The van der Waals surface area contributed by atoms with Crippen molar-refractivity contribution in [3.8, 4) is 0 Å². The maximum Gasteiger partial charge on any atom is 0.265 e. The SMILES string of the molecule is O=C(Nc1cnn(CC2CCCO2)c1)c1cc(Br)c(Br)s1. The monoisotopic (exact) mass is 433 g/mol. The van der Waals surface area contributed by atoms with E-state index in [0.717, 1.165) is 34.3 Å². The number of hydrogen-bond donors (Lipinski definition) is 1. The highest BCUT2D eigenvalue weighted by Crippen LogP contribution is 2.32. The summed E-state index contributed by atoms with van der Waals surface area (Å²) in [6, 6.07) is 1.79. The van der Waals surface area contributed by atoms with E-state index in [1.165, 1.54) is 11.3 Å². The molecule has 1 unspecified atom stereocenters. The van der Waals surface area contributed by atoms with Gasteiger partial charge < -0.3 is 10.1 Å². The molecule has 2 aromatic heterocycles. The van der Waals surface area contributed by atoms with E-state index in [4.69, 9.17) is 4.74 Å². The Bertz CT molecular complexity index is 630. The second kappa shape index (κ2) is 6.60. The number of aromatic nitrogens is 2. The van der Waals surface area contributed by atoms with Crippen LogP contribution in [0.3, 0.4) is 0 Å². The van der Waals surface area contributed by atoms with E-state index in [1.807, 2.05) is 10.9 Å². The number of ether oxygens (including phenoxy) is 1. The van der Waals surface area contributed by atoms with E-state index in [2.05, 4.69) is 42.3 Å². The minimum atomic E-state index is -0.136. The van der Waals surface area contributed by atoms with Crippen LogP contribution in [0.15, 0.2) is 26.7 Å². The summed E-state index contributed by atoms with van der Waals surface area (Å²) in [7, 11) is 0. The lowest BCUT2D eigenvalue weighted by molar-refractivity contribution is 0.0940. The predicted molar refractivity (Wildman–Crippen MR) is 88.9 cm³/mol. The highest BCUT2D eigenvalue weighted by molar-refractivity contribution is 9.13. The van der Waals surface area contributed by atoms with Gasteiger partial charge in [0.15, 0.2) is 0 Å². The van der Waals surface area contributed by atoms with Gasteiger partial charge in [0, 0.05) is 17.3 Å². The molecule has 1 N–H and O–H groups in total. The highest BCUT2D eigenvalue weighted by atomic mass is 79.9. The van der Waals surface area contributed by atoms with E-state index in [-0.39, 0.29) is 12.0 Å². The molecule has 3 rings (SSSR count). The number of anilines is 1. The summed E-state index contributed by atoms with van der Waals surface area (Å²) in [6.07, 6.45) is 5.90. The molecule has 0 aromatic carbocycles. The molecule has 21 heavy (non-hydrogen) atoms. The molecule has 0 spiro atoms. The van der Waals surface area contributed by atoms with Gasteiger partial charge in [-0.2, -0.15) is 5.10 Å². The van der Waals surface area contributed by atoms with Gasteiger partial charge >= 0.3 is 0 Å². The van der Waals surface area contributed by atoms with Gasteiger partial charge in [-0.15, -0.1) is 11.3 Å². The standard InChI is InChI=1S/C13H13Br2N3O2S/c14-10-4-11(21-12(10)15)13(19)17-8-5-16-18(6-8)7-9-2-1-3-20-9/h4-6,9H,1-3,7H2,(H,17,19). The molecule has 3 heterocycles. The molecule has 5 nitrogen and oxygen atoms in total. The third-order valence-corrected chi connectivity index (χ3v) is 6.43. The fourth-order valence-electron chi connectivity index (χ4n) is 2.18. The Morgan fingerprint density at radius 3 is 3.10 bits per heavy atom. The van der Waals surface area contributed by atoms with Gasteiger partial charge in [0.2, 0.25) is 0 Å². The second-order valence-corrected chi connectivity index (χ2v) is 8.00. The average Bonchev–Trinajstić information content (AvgIpc) is 3.15. The molecule has 0 aliphatic carbocycles. The van der Waals surface area contributed by atoms with Crippen molar-refractivity contribution in [3.05, 3.63) is 31.6 Å². The number of halogens is 2. The molecular weight excluding hydrogens is 422 g/mol. The quantitative estimate of drug-likeness (QED) is 0.793. The van der Waals surface area contributed by atoms with Crippen molar-refractivity contribution in [2.45, 2.75) is 25.5 Å². The fourth-order valence-corrected chi connectivity index (χ4v) is 4.11. The van der Waals surface area contributed by atoms with Gasteiger partial charge in [0.05, 0.1) is 33.2 Å². The molecular formula is C13H13Br2N3O2S. The number of nitrogens with zero attached hydrogens (tertiary/aromatic N) is 2. The summed E-state index contributed by atoms with van der Waals surface area (Å²) in [5, 5.41) is 7.11. The molecule has 1 aliphatic rings. The van der Waals surface area contributed by atoms with Gasteiger partial charge in [-0.1, -0.05) is 0 Å². The van der Waals surface area contributed by atoms with Crippen LogP contribution >= 0.6 is 43.2 Å². The first-order chi connectivity index (χ1) is 10.1. The van der Waals surface area contributed by atoms with Crippen LogP contribution < -0.4 is 5.32 Å². The molecule has 0 bridgehead atoms. The zero-order chi connectivity index (χ0) is 14.8. The molecule has 1 fully saturated rings.